The Bertz CT molecular complexity index is 351. The molecule has 0 aromatic heterocycles. The van der Waals surface area contributed by atoms with Crippen LogP contribution in [0, 0.1) is 0 Å². The first kappa shape index (κ1) is 17.9. The van der Waals surface area contributed by atoms with E-state index in [1.165, 1.54) is 0 Å². The molecule has 0 unspecified atom stereocenters. The lowest BCUT2D eigenvalue weighted by molar-refractivity contribution is -0.138. The molecule has 0 aliphatic heterocycles. The van der Waals surface area contributed by atoms with Gasteiger partial charge in [-0.3, -0.25) is 14.8 Å². The van der Waals surface area contributed by atoms with Gasteiger partial charge in [0.2, 0.25) is 0 Å². The Morgan fingerprint density at radius 3 is 2.05 bits per heavy atom. The number of nitrogens with zero attached hydrogens (tertiary/aromatic N) is 2. The van der Waals surface area contributed by atoms with E-state index in [0.29, 0.717) is 32.2 Å². The number of rotatable bonds is 9. The summed E-state index contributed by atoms with van der Waals surface area (Å²) in [4.78, 5) is 32.3. The van der Waals surface area contributed by atoms with Gasteiger partial charge < -0.3 is 16.6 Å². The molecule has 0 aromatic rings. The summed E-state index contributed by atoms with van der Waals surface area (Å²) in [7, 11) is 0. The van der Waals surface area contributed by atoms with Crippen LogP contribution in [-0.2, 0) is 4.79 Å². The topological polar surface area (TPSA) is 182 Å². The van der Waals surface area contributed by atoms with Crippen LogP contribution in [0.15, 0.2) is 0 Å². The van der Waals surface area contributed by atoms with Gasteiger partial charge in [-0.2, -0.15) is 0 Å². The average Bonchev–Trinajstić information content (AvgIpc) is 2.34. The maximum Gasteiger partial charge on any atom is 0.329 e. The van der Waals surface area contributed by atoms with Crippen molar-refractivity contribution in [3.05, 3.63) is 0 Å². The second-order valence-electron chi connectivity index (χ2n) is 4.38. The molecular formula is C10H22N6O4. The van der Waals surface area contributed by atoms with Crippen molar-refractivity contribution >= 4 is 18.0 Å². The van der Waals surface area contributed by atoms with E-state index in [2.05, 4.69) is 0 Å². The summed E-state index contributed by atoms with van der Waals surface area (Å²) in [5.74, 6) is 9.66. The van der Waals surface area contributed by atoms with Crippen LogP contribution in [0.3, 0.4) is 0 Å². The molecule has 0 rings (SSSR count). The van der Waals surface area contributed by atoms with Crippen molar-refractivity contribution in [3.63, 3.8) is 0 Å². The Labute approximate surface area is 116 Å². The normalized spacial score (nSPS) is 11.7. The molecule has 0 spiro atoms. The van der Waals surface area contributed by atoms with E-state index in [0.717, 1.165) is 10.0 Å². The molecule has 4 amide bonds. The number of amides is 4. The Morgan fingerprint density at radius 2 is 1.60 bits per heavy atom. The second kappa shape index (κ2) is 8.93. The summed E-state index contributed by atoms with van der Waals surface area (Å²) in [6, 6.07) is -2.25. The number of aliphatic carboxylic acids is 1. The lowest BCUT2D eigenvalue weighted by Gasteiger charge is -2.24. The third-order valence-electron chi connectivity index (χ3n) is 2.78. The van der Waals surface area contributed by atoms with Crippen LogP contribution in [-0.4, -0.2) is 45.7 Å². The number of primary amides is 2. The highest BCUT2D eigenvalue weighted by atomic mass is 16.4. The van der Waals surface area contributed by atoms with Gasteiger partial charge in [-0.15, -0.1) is 0 Å². The maximum atomic E-state index is 10.9. The van der Waals surface area contributed by atoms with E-state index < -0.39 is 24.1 Å². The molecule has 9 N–H and O–H groups in total. The highest BCUT2D eigenvalue weighted by Gasteiger charge is 2.21. The van der Waals surface area contributed by atoms with Crippen LogP contribution >= 0.6 is 0 Å². The molecule has 10 heteroatoms. The number of hydrogen-bond acceptors (Lipinski definition) is 5. The van der Waals surface area contributed by atoms with E-state index in [1.807, 2.05) is 0 Å². The van der Waals surface area contributed by atoms with Crippen molar-refractivity contribution in [2.24, 2.45) is 23.2 Å². The molecule has 0 heterocycles. The Hall–Kier alpha value is -2.07. The van der Waals surface area contributed by atoms with Gasteiger partial charge in [-0.05, 0) is 12.8 Å². The van der Waals surface area contributed by atoms with Crippen LogP contribution in [0.25, 0.3) is 0 Å². The molecule has 0 aliphatic rings. The zero-order valence-corrected chi connectivity index (χ0v) is 11.2. The SMILES string of the molecule is NC(=O)N(N)CCCCC[C@@H](CC(=O)O)N(N)C(N)=O. The molecule has 0 saturated heterocycles. The van der Waals surface area contributed by atoms with Crippen molar-refractivity contribution in [1.29, 1.82) is 0 Å². The van der Waals surface area contributed by atoms with Crippen molar-refractivity contribution in [1.82, 2.24) is 10.0 Å². The van der Waals surface area contributed by atoms with E-state index in [-0.39, 0.29) is 6.42 Å². The number of carboxylic acid groups (broad SMARTS) is 1. The van der Waals surface area contributed by atoms with Crippen LogP contribution in [0.4, 0.5) is 9.59 Å². The van der Waals surface area contributed by atoms with Gasteiger partial charge in [0.15, 0.2) is 0 Å². The zero-order chi connectivity index (χ0) is 15.7. The third kappa shape index (κ3) is 7.38. The van der Waals surface area contributed by atoms with Crippen molar-refractivity contribution in [3.8, 4) is 0 Å². The maximum absolute atomic E-state index is 10.9. The van der Waals surface area contributed by atoms with Crippen LogP contribution in [0.1, 0.15) is 32.1 Å². The lowest BCUT2D eigenvalue weighted by Crippen LogP contribution is -2.49. The number of carbonyl (C=O) groups is 3. The first-order chi connectivity index (χ1) is 9.25. The summed E-state index contributed by atoms with van der Waals surface area (Å²) in [6.07, 6.45) is 2.03. The second-order valence-corrected chi connectivity index (χ2v) is 4.38. The molecule has 0 aliphatic carbocycles. The molecule has 20 heavy (non-hydrogen) atoms. The zero-order valence-electron chi connectivity index (χ0n) is 11.2. The Kier molecular flexibility index (Phi) is 8.01. The van der Waals surface area contributed by atoms with Gasteiger partial charge in [-0.25, -0.2) is 21.3 Å². The summed E-state index contributed by atoms with van der Waals surface area (Å²) in [5, 5.41) is 10.4. The minimum absolute atomic E-state index is 0.274. The van der Waals surface area contributed by atoms with Crippen molar-refractivity contribution in [2.45, 2.75) is 38.1 Å². The first-order valence-corrected chi connectivity index (χ1v) is 6.12. The van der Waals surface area contributed by atoms with Gasteiger partial charge in [-0.1, -0.05) is 12.8 Å². The predicted octanol–water partition coefficient (Wildman–Crippen LogP) is -1.10. The van der Waals surface area contributed by atoms with E-state index in [9.17, 15) is 14.4 Å². The molecular weight excluding hydrogens is 268 g/mol. The summed E-state index contributed by atoms with van der Waals surface area (Å²) in [5.41, 5.74) is 9.96. The van der Waals surface area contributed by atoms with E-state index in [4.69, 9.17) is 28.3 Å². The molecule has 116 valence electrons. The van der Waals surface area contributed by atoms with Gasteiger partial charge in [0.05, 0.1) is 12.5 Å². The molecule has 0 bridgehead atoms. The number of hydrazine groups is 2. The van der Waals surface area contributed by atoms with Crippen LogP contribution < -0.4 is 23.2 Å². The standard InChI is InChI=1S/C10H22N6O4/c11-9(19)15(13)5-3-1-2-4-7(6-8(17)18)16(14)10(12)20/h7H,1-6,13-14H2,(H2,11,19)(H2,12,20)(H,17,18)/t7-/m0/s1. The smallest absolute Gasteiger partial charge is 0.329 e. The number of unbranched alkanes of at least 4 members (excludes halogenated alkanes) is 2. The molecule has 0 fully saturated rings. The number of carbonyl (C=O) groups excluding carboxylic acids is 2. The monoisotopic (exact) mass is 290 g/mol. The summed E-state index contributed by atoms with van der Waals surface area (Å²) in [6.45, 7) is 0.307. The largest absolute Gasteiger partial charge is 0.481 e. The Morgan fingerprint density at radius 1 is 1.00 bits per heavy atom. The van der Waals surface area contributed by atoms with E-state index in [1.54, 1.807) is 0 Å². The van der Waals surface area contributed by atoms with Crippen molar-refractivity contribution < 1.29 is 19.5 Å². The van der Waals surface area contributed by atoms with E-state index >= 15 is 0 Å². The van der Waals surface area contributed by atoms with Gasteiger partial charge in [0.1, 0.15) is 0 Å². The number of nitrogens with two attached hydrogens (primary N) is 4. The lowest BCUT2D eigenvalue weighted by atomic mass is 10.0. The highest BCUT2D eigenvalue weighted by molar-refractivity contribution is 5.73. The molecule has 10 nitrogen and oxygen atoms in total. The average molecular weight is 290 g/mol. The minimum Gasteiger partial charge on any atom is -0.481 e. The van der Waals surface area contributed by atoms with Crippen LogP contribution in [0.2, 0.25) is 0 Å². The van der Waals surface area contributed by atoms with Crippen LogP contribution in [0.5, 0.6) is 0 Å². The first-order valence-electron chi connectivity index (χ1n) is 6.12. The van der Waals surface area contributed by atoms with Gasteiger partial charge in [0.25, 0.3) is 0 Å². The number of carboxylic acids is 1. The minimum atomic E-state index is -1.06. The molecule has 0 radical (unpaired) electrons. The van der Waals surface area contributed by atoms with Crippen molar-refractivity contribution in [2.75, 3.05) is 6.54 Å². The third-order valence-corrected chi connectivity index (χ3v) is 2.78. The number of hydrogen-bond donors (Lipinski definition) is 5. The summed E-state index contributed by atoms with van der Waals surface area (Å²) < 4.78 is 0. The fraction of sp³-hybridized carbons (Fsp3) is 0.700. The highest BCUT2D eigenvalue weighted by Crippen LogP contribution is 2.11. The number of urea groups is 2. The molecule has 0 aromatic carbocycles. The fourth-order valence-electron chi connectivity index (χ4n) is 1.67. The quantitative estimate of drug-likeness (QED) is 0.155. The fourth-order valence-corrected chi connectivity index (χ4v) is 1.67. The summed E-state index contributed by atoms with van der Waals surface area (Å²) >= 11 is 0. The molecule has 1 atom stereocenters. The van der Waals surface area contributed by atoms with Gasteiger partial charge in [0, 0.05) is 6.54 Å². The Balaban J connectivity index is 4.05. The van der Waals surface area contributed by atoms with Gasteiger partial charge >= 0.3 is 18.0 Å². The molecule has 0 saturated carbocycles. The predicted molar refractivity (Wildman–Crippen MR) is 70.6 cm³/mol.